The molecule has 0 aliphatic carbocycles. The summed E-state index contributed by atoms with van der Waals surface area (Å²) in [6, 6.07) is 5.12. The third kappa shape index (κ3) is 3.51. The Hall–Kier alpha value is -3.35. The summed E-state index contributed by atoms with van der Waals surface area (Å²) in [6.07, 6.45) is 3.49. The highest BCUT2D eigenvalue weighted by molar-refractivity contribution is 6.21. The topological polar surface area (TPSA) is 118 Å². The van der Waals surface area contributed by atoms with Crippen LogP contribution in [0.4, 0.5) is 0 Å². The number of hydrogen-bond acceptors (Lipinski definition) is 5. The molecule has 0 saturated heterocycles. The van der Waals surface area contributed by atoms with Crippen molar-refractivity contribution in [2.45, 2.75) is 40.2 Å². The molecule has 4 N–H and O–H groups in total. The van der Waals surface area contributed by atoms with Crippen molar-refractivity contribution in [1.29, 1.82) is 5.41 Å². The number of carbonyl (C=O) groups is 1. The number of nitrogens with zero attached hydrogens (tertiary/aromatic N) is 1. The lowest BCUT2D eigenvalue weighted by Gasteiger charge is -2.39. The van der Waals surface area contributed by atoms with E-state index in [9.17, 15) is 14.7 Å². The van der Waals surface area contributed by atoms with Crippen molar-refractivity contribution in [3.05, 3.63) is 57.5 Å². The molecule has 7 nitrogen and oxygen atoms in total. The molecule has 2 heterocycles. The fraction of sp³-hybridized carbons (Fsp3) is 0.348. The van der Waals surface area contributed by atoms with Gasteiger partial charge in [-0.3, -0.25) is 4.79 Å². The second kappa shape index (κ2) is 7.48. The molecule has 1 aliphatic rings. The van der Waals surface area contributed by atoms with Crippen molar-refractivity contribution in [2.24, 2.45) is 11.1 Å². The fourth-order valence-electron chi connectivity index (χ4n) is 4.04. The molecule has 1 atom stereocenters. The lowest BCUT2D eigenvalue weighted by atomic mass is 9.78. The lowest BCUT2D eigenvalue weighted by molar-refractivity contribution is 0.0693. The van der Waals surface area contributed by atoms with Crippen molar-refractivity contribution in [2.75, 3.05) is 7.11 Å². The molecule has 1 unspecified atom stereocenters. The summed E-state index contributed by atoms with van der Waals surface area (Å²) in [5.41, 5.74) is 8.89. The number of nitrogens with two attached hydrogens (primary N) is 1. The lowest BCUT2D eigenvalue weighted by Crippen LogP contribution is -2.33. The maximum atomic E-state index is 12.5. The average Bonchev–Trinajstić information content (AvgIpc) is 2.65. The summed E-state index contributed by atoms with van der Waals surface area (Å²) < 4.78 is 7.47. The highest BCUT2D eigenvalue weighted by Crippen LogP contribution is 2.45. The molecular weight excluding hydrogens is 382 g/mol. The molecule has 0 amide bonds. The minimum atomic E-state index is -1.24. The van der Waals surface area contributed by atoms with Gasteiger partial charge in [-0.05, 0) is 36.5 Å². The van der Waals surface area contributed by atoms with Crippen LogP contribution in [0, 0.1) is 10.8 Å². The smallest absolute Gasteiger partial charge is 0.341 e. The van der Waals surface area contributed by atoms with E-state index < -0.39 is 11.4 Å². The number of methoxy groups -OCH3 is 1. The van der Waals surface area contributed by atoms with Gasteiger partial charge in [0.2, 0.25) is 0 Å². The van der Waals surface area contributed by atoms with Gasteiger partial charge in [0.25, 0.3) is 0 Å². The first kappa shape index (κ1) is 21.4. The predicted molar refractivity (Wildman–Crippen MR) is 117 cm³/mol. The zero-order valence-corrected chi connectivity index (χ0v) is 17.9. The third-order valence-corrected chi connectivity index (χ3v) is 5.62. The molecule has 0 fully saturated rings. The normalized spacial score (nSPS) is 15.9. The van der Waals surface area contributed by atoms with Crippen LogP contribution in [-0.4, -0.2) is 28.5 Å². The minimum absolute atomic E-state index is 0.0636. The standard InChI is InChI=1S/C23H27N3O4/c1-12(25)16(10-24)15-6-13-7-21(23(2,3)4)26-11-17(22(28)29)19(27)9-18(26)14(13)8-20(15)30-5/h6,8-11,21,25H,7,24H2,1-5H3,(H,28,29)/b16-10+,25-12?. The monoisotopic (exact) mass is 409 g/mol. The summed E-state index contributed by atoms with van der Waals surface area (Å²) in [5.74, 6) is -0.701. The maximum absolute atomic E-state index is 12.5. The molecule has 7 heteroatoms. The highest BCUT2D eigenvalue weighted by Gasteiger charge is 2.34. The van der Waals surface area contributed by atoms with Crippen molar-refractivity contribution < 1.29 is 14.6 Å². The first-order valence-electron chi connectivity index (χ1n) is 9.68. The van der Waals surface area contributed by atoms with Crippen LogP contribution in [-0.2, 0) is 6.42 Å². The molecule has 1 aliphatic heterocycles. The van der Waals surface area contributed by atoms with Crippen molar-refractivity contribution >= 4 is 17.3 Å². The van der Waals surface area contributed by atoms with E-state index in [1.54, 1.807) is 14.0 Å². The van der Waals surface area contributed by atoms with E-state index in [2.05, 4.69) is 20.8 Å². The van der Waals surface area contributed by atoms with E-state index in [0.29, 0.717) is 29.1 Å². The van der Waals surface area contributed by atoms with Crippen molar-refractivity contribution in [1.82, 2.24) is 4.57 Å². The maximum Gasteiger partial charge on any atom is 0.341 e. The van der Waals surface area contributed by atoms with E-state index in [4.69, 9.17) is 15.9 Å². The molecule has 1 aromatic heterocycles. The number of aromatic carboxylic acids is 1. The van der Waals surface area contributed by atoms with E-state index in [1.807, 2.05) is 16.7 Å². The zero-order valence-electron chi connectivity index (χ0n) is 17.9. The number of nitrogens with one attached hydrogen (secondary N) is 1. The zero-order chi connectivity index (χ0) is 22.4. The number of carboxylic acid groups (broad SMARTS) is 1. The number of fused-ring (bicyclic) bond motifs is 3. The van der Waals surface area contributed by atoms with Crippen LogP contribution < -0.4 is 15.9 Å². The molecular formula is C23H27N3O4. The molecule has 3 rings (SSSR count). The Morgan fingerprint density at radius 1 is 1.30 bits per heavy atom. The summed E-state index contributed by atoms with van der Waals surface area (Å²) in [7, 11) is 1.54. The molecule has 158 valence electrons. The summed E-state index contributed by atoms with van der Waals surface area (Å²) in [5, 5.41) is 17.5. The van der Waals surface area contributed by atoms with Gasteiger partial charge in [-0.2, -0.15) is 0 Å². The van der Waals surface area contributed by atoms with Crippen LogP contribution in [0.1, 0.15) is 55.2 Å². The van der Waals surface area contributed by atoms with Crippen LogP contribution in [0.5, 0.6) is 5.75 Å². The molecule has 0 saturated carbocycles. The van der Waals surface area contributed by atoms with Gasteiger partial charge in [0, 0.05) is 46.9 Å². The van der Waals surface area contributed by atoms with Gasteiger partial charge in [0.15, 0.2) is 5.43 Å². The third-order valence-electron chi connectivity index (χ3n) is 5.62. The van der Waals surface area contributed by atoms with Gasteiger partial charge in [-0.1, -0.05) is 20.8 Å². The molecule has 30 heavy (non-hydrogen) atoms. The Kier molecular flexibility index (Phi) is 5.33. The largest absolute Gasteiger partial charge is 0.496 e. The molecule has 0 bridgehead atoms. The second-order valence-corrected chi connectivity index (χ2v) is 8.65. The molecule has 2 aromatic rings. The summed E-state index contributed by atoms with van der Waals surface area (Å²) in [6.45, 7) is 7.92. The van der Waals surface area contributed by atoms with Gasteiger partial charge >= 0.3 is 5.97 Å². The minimum Gasteiger partial charge on any atom is -0.496 e. The van der Waals surface area contributed by atoms with Gasteiger partial charge in [-0.25, -0.2) is 4.79 Å². The quantitative estimate of drug-likeness (QED) is 0.665. The molecule has 1 aromatic carbocycles. The summed E-state index contributed by atoms with van der Waals surface area (Å²) in [4.78, 5) is 24.0. The van der Waals surface area contributed by atoms with E-state index >= 15 is 0 Å². The number of aromatic nitrogens is 1. The number of rotatable bonds is 4. The number of carboxylic acids is 1. The Balaban J connectivity index is 2.36. The first-order chi connectivity index (χ1) is 14.0. The van der Waals surface area contributed by atoms with Crippen LogP contribution >= 0.6 is 0 Å². The van der Waals surface area contributed by atoms with Gasteiger partial charge < -0.3 is 25.6 Å². The van der Waals surface area contributed by atoms with Crippen molar-refractivity contribution in [3.63, 3.8) is 0 Å². The predicted octanol–water partition coefficient (Wildman–Crippen LogP) is 3.70. The van der Waals surface area contributed by atoms with E-state index in [1.165, 1.54) is 18.5 Å². The van der Waals surface area contributed by atoms with Crippen molar-refractivity contribution in [3.8, 4) is 17.0 Å². The molecule has 0 spiro atoms. The Morgan fingerprint density at radius 3 is 2.47 bits per heavy atom. The fourth-order valence-corrected chi connectivity index (χ4v) is 4.04. The van der Waals surface area contributed by atoms with E-state index in [-0.39, 0.29) is 17.0 Å². The number of allylic oxidation sites excluding steroid dienone is 1. The summed E-state index contributed by atoms with van der Waals surface area (Å²) >= 11 is 0. The van der Waals surface area contributed by atoms with Crippen LogP contribution in [0.3, 0.4) is 0 Å². The number of hydrogen-bond donors (Lipinski definition) is 3. The molecule has 0 radical (unpaired) electrons. The SMILES string of the molecule is COc1cc2c(cc1/C(=C/N)C(C)=N)CC(C(C)(C)C)n1cc(C(=O)O)c(=O)cc1-2. The van der Waals surface area contributed by atoms with Gasteiger partial charge in [-0.15, -0.1) is 0 Å². The second-order valence-electron chi connectivity index (χ2n) is 8.65. The van der Waals surface area contributed by atoms with Crippen LogP contribution in [0.15, 0.2) is 35.4 Å². The Morgan fingerprint density at radius 2 is 1.97 bits per heavy atom. The van der Waals surface area contributed by atoms with Crippen LogP contribution in [0.2, 0.25) is 0 Å². The number of pyridine rings is 1. The van der Waals surface area contributed by atoms with Gasteiger partial charge in [0.1, 0.15) is 11.3 Å². The van der Waals surface area contributed by atoms with E-state index in [0.717, 1.165) is 16.7 Å². The number of ether oxygens (including phenoxy) is 1. The Labute approximate surface area is 175 Å². The van der Waals surface area contributed by atoms with Crippen LogP contribution in [0.25, 0.3) is 16.8 Å². The highest BCUT2D eigenvalue weighted by atomic mass is 16.5. The van der Waals surface area contributed by atoms with Gasteiger partial charge in [0.05, 0.1) is 12.8 Å². The Bertz CT molecular complexity index is 1140. The first-order valence-corrected chi connectivity index (χ1v) is 9.68. The average molecular weight is 409 g/mol. The number of benzene rings is 1.